The minimum atomic E-state index is -2.66. The van der Waals surface area contributed by atoms with E-state index in [1.807, 2.05) is 0 Å². The summed E-state index contributed by atoms with van der Waals surface area (Å²) in [6.07, 6.45) is -4.83. The third-order valence-electron chi connectivity index (χ3n) is 0.218. The highest BCUT2D eigenvalue weighted by atomic mass is 19.3. The Balaban J connectivity index is 0. The maximum atomic E-state index is 10.7. The lowest BCUT2D eigenvalue weighted by Crippen LogP contribution is -1.76. The van der Waals surface area contributed by atoms with E-state index in [1.54, 1.807) is 0 Å². The molecule has 0 aromatic carbocycles. The van der Waals surface area contributed by atoms with Gasteiger partial charge in [0.15, 0.2) is 0 Å². The summed E-state index contributed by atoms with van der Waals surface area (Å²) >= 11 is 0. The van der Waals surface area contributed by atoms with Crippen molar-refractivity contribution in [2.45, 2.75) is 19.8 Å². The van der Waals surface area contributed by atoms with Crippen LogP contribution in [-0.2, 0) is 0 Å². The first kappa shape index (κ1) is 12.1. The second kappa shape index (κ2) is 8.39. The van der Waals surface area contributed by atoms with Gasteiger partial charge in [-0.15, -0.1) is 0 Å². The van der Waals surface area contributed by atoms with Crippen molar-refractivity contribution in [1.82, 2.24) is 0 Å². The molecule has 62 valence electrons. The first-order valence-electron chi connectivity index (χ1n) is 2.34. The summed E-state index contributed by atoms with van der Waals surface area (Å²) in [5, 5.41) is 0. The Morgan fingerprint density at radius 3 is 1.40 bits per heavy atom. The molecule has 0 bridgehead atoms. The molecule has 0 atom stereocenters. The summed E-state index contributed by atoms with van der Waals surface area (Å²) in [7, 11) is 0. The van der Waals surface area contributed by atoms with Gasteiger partial charge >= 0.3 is 0 Å². The van der Waals surface area contributed by atoms with Crippen LogP contribution in [0.25, 0.3) is 0 Å². The highest BCUT2D eigenvalue weighted by Gasteiger charge is 1.89. The molecule has 5 heteroatoms. The number of hydrogen-bond acceptors (Lipinski definition) is 0. The SMILES string of the molecule is CC(F)F.FC=CC(F)F. The first-order valence-corrected chi connectivity index (χ1v) is 2.34. The lowest BCUT2D eigenvalue weighted by Gasteiger charge is -1.76. The highest BCUT2D eigenvalue weighted by Crippen LogP contribution is 1.91. The Morgan fingerprint density at radius 1 is 1.10 bits per heavy atom. The topological polar surface area (TPSA) is 0 Å². The van der Waals surface area contributed by atoms with E-state index < -0.39 is 12.9 Å². The fraction of sp³-hybridized carbons (Fsp3) is 0.600. The molecule has 0 fully saturated rings. The van der Waals surface area contributed by atoms with Crippen LogP contribution in [0.5, 0.6) is 0 Å². The monoisotopic (exact) mass is 162 g/mol. The average molecular weight is 162 g/mol. The minimum Gasteiger partial charge on any atom is -0.216 e. The quantitative estimate of drug-likeness (QED) is 0.520. The molecule has 0 heterocycles. The van der Waals surface area contributed by atoms with Gasteiger partial charge in [-0.3, -0.25) is 0 Å². The molecule has 0 aromatic heterocycles. The van der Waals surface area contributed by atoms with Crippen LogP contribution in [0, 0.1) is 0 Å². The van der Waals surface area contributed by atoms with Gasteiger partial charge in [-0.05, 0) is 6.92 Å². The van der Waals surface area contributed by atoms with Gasteiger partial charge in [0.2, 0.25) is 6.43 Å². The summed E-state index contributed by atoms with van der Waals surface area (Å²) in [5.41, 5.74) is 0. The maximum Gasteiger partial charge on any atom is 0.259 e. The Morgan fingerprint density at radius 2 is 1.40 bits per heavy atom. The fourth-order valence-corrected chi connectivity index (χ4v) is 0.0550. The van der Waals surface area contributed by atoms with E-state index in [0.29, 0.717) is 0 Å². The third-order valence-corrected chi connectivity index (χ3v) is 0.218. The van der Waals surface area contributed by atoms with Gasteiger partial charge in [-0.25, -0.2) is 22.0 Å². The van der Waals surface area contributed by atoms with Crippen LogP contribution in [-0.4, -0.2) is 12.9 Å². The van der Waals surface area contributed by atoms with Crippen LogP contribution < -0.4 is 0 Å². The Bertz CT molecular complexity index is 75.4. The number of alkyl halides is 4. The lowest BCUT2D eigenvalue weighted by molar-refractivity contribution is 0.171. The molecule has 0 radical (unpaired) electrons. The Labute approximate surface area is 55.3 Å². The minimum absolute atomic E-state index is 0.167. The van der Waals surface area contributed by atoms with Crippen LogP contribution in [0.15, 0.2) is 12.4 Å². The molecule has 0 aliphatic heterocycles. The van der Waals surface area contributed by atoms with Gasteiger partial charge in [0.05, 0.1) is 6.33 Å². The molecule has 0 spiro atoms. The predicted octanol–water partition coefficient (Wildman–Crippen LogP) is 3.01. The molecule has 0 aromatic rings. The van der Waals surface area contributed by atoms with Gasteiger partial charge in [0, 0.05) is 6.08 Å². The van der Waals surface area contributed by atoms with Crippen molar-refractivity contribution < 1.29 is 22.0 Å². The van der Waals surface area contributed by atoms with Crippen LogP contribution in [0.1, 0.15) is 6.92 Å². The van der Waals surface area contributed by atoms with Crippen LogP contribution >= 0.6 is 0 Å². The summed E-state index contributed by atoms with van der Waals surface area (Å²) in [5.74, 6) is 0. The zero-order valence-corrected chi connectivity index (χ0v) is 5.20. The van der Waals surface area contributed by atoms with E-state index in [-0.39, 0.29) is 12.4 Å². The molecular formula is C5H7F5. The summed E-state index contributed by atoms with van der Waals surface area (Å²) in [4.78, 5) is 0. The van der Waals surface area contributed by atoms with E-state index in [9.17, 15) is 22.0 Å². The molecule has 10 heavy (non-hydrogen) atoms. The zero-order valence-electron chi connectivity index (χ0n) is 5.20. The molecule has 0 amide bonds. The van der Waals surface area contributed by atoms with Gasteiger partial charge < -0.3 is 0 Å². The van der Waals surface area contributed by atoms with Crippen molar-refractivity contribution in [2.24, 2.45) is 0 Å². The number of allylic oxidation sites excluding steroid dienone is 1. The molecule has 0 N–H and O–H groups in total. The van der Waals surface area contributed by atoms with Crippen LogP contribution in [0.2, 0.25) is 0 Å². The normalized spacial score (nSPS) is 10.4. The molecule has 0 saturated heterocycles. The van der Waals surface area contributed by atoms with Gasteiger partial charge in [-0.2, -0.15) is 0 Å². The summed E-state index contributed by atoms with van der Waals surface area (Å²) in [6, 6.07) is 0. The molecular weight excluding hydrogens is 155 g/mol. The van der Waals surface area contributed by atoms with Crippen molar-refractivity contribution in [1.29, 1.82) is 0 Å². The van der Waals surface area contributed by atoms with E-state index in [4.69, 9.17) is 0 Å². The van der Waals surface area contributed by atoms with Crippen LogP contribution in [0.4, 0.5) is 22.0 Å². The van der Waals surface area contributed by atoms with Crippen molar-refractivity contribution in [3.63, 3.8) is 0 Å². The molecule has 0 unspecified atom stereocenters. The highest BCUT2D eigenvalue weighted by molar-refractivity contribution is 4.73. The molecule has 0 saturated carbocycles. The van der Waals surface area contributed by atoms with Gasteiger partial charge in [-0.1, -0.05) is 0 Å². The van der Waals surface area contributed by atoms with Crippen molar-refractivity contribution in [2.75, 3.05) is 0 Å². The molecule has 0 aliphatic rings. The maximum absolute atomic E-state index is 10.7. The smallest absolute Gasteiger partial charge is 0.216 e. The van der Waals surface area contributed by atoms with Crippen molar-refractivity contribution >= 4 is 0 Å². The number of rotatable bonds is 1. The second-order valence-electron chi connectivity index (χ2n) is 1.17. The fourth-order valence-electron chi connectivity index (χ4n) is 0.0550. The van der Waals surface area contributed by atoms with Crippen LogP contribution in [0.3, 0.4) is 0 Å². The summed E-state index contributed by atoms with van der Waals surface area (Å²) < 4.78 is 52.7. The molecule has 0 rings (SSSR count). The second-order valence-corrected chi connectivity index (χ2v) is 1.17. The van der Waals surface area contributed by atoms with E-state index >= 15 is 0 Å². The average Bonchev–Trinajstić information content (AvgIpc) is 1.62. The molecule has 0 aliphatic carbocycles. The number of halogens is 5. The number of hydrogen-bond donors (Lipinski definition) is 0. The Kier molecular flexibility index (Phi) is 10.2. The lowest BCUT2D eigenvalue weighted by atomic mass is 10.7. The first-order chi connectivity index (χ1) is 4.50. The third kappa shape index (κ3) is 52.8. The summed E-state index contributed by atoms with van der Waals surface area (Å²) in [6.45, 7) is 0.833. The van der Waals surface area contributed by atoms with E-state index in [0.717, 1.165) is 6.92 Å². The molecule has 0 nitrogen and oxygen atoms in total. The van der Waals surface area contributed by atoms with Gasteiger partial charge in [0.25, 0.3) is 6.43 Å². The Hall–Kier alpha value is -0.610. The van der Waals surface area contributed by atoms with Crippen molar-refractivity contribution in [3.8, 4) is 0 Å². The standard InChI is InChI=1S/C3H3F3.C2H4F2/c4-2-1-3(5)6;1-2(3)4/h1-3H;2H,1H3. The van der Waals surface area contributed by atoms with E-state index in [2.05, 4.69) is 0 Å². The predicted molar refractivity (Wildman–Crippen MR) is 27.9 cm³/mol. The van der Waals surface area contributed by atoms with Crippen molar-refractivity contribution in [3.05, 3.63) is 12.4 Å². The largest absolute Gasteiger partial charge is 0.259 e. The van der Waals surface area contributed by atoms with E-state index in [1.165, 1.54) is 0 Å². The zero-order chi connectivity index (χ0) is 8.57. The van der Waals surface area contributed by atoms with Gasteiger partial charge in [0.1, 0.15) is 0 Å².